The van der Waals surface area contributed by atoms with Gasteiger partial charge >= 0.3 is 5.97 Å². The molecule has 1 aliphatic carbocycles. The summed E-state index contributed by atoms with van der Waals surface area (Å²) in [5.74, 6) is -0.201. The summed E-state index contributed by atoms with van der Waals surface area (Å²) in [6, 6.07) is 7.86. The normalized spacial score (nSPS) is 31.8. The number of amides is 1. The number of cyclic esters (lactones) is 1. The standard InChI is InChI=1S/C21H28ClNO3/c1-6-21(20(4,5)19(2,3)18(25)26-21)17(24)23-16-12-11-15(16)13-7-9-14(22)10-8-13/h7-10,15-16H,6,11-12H2,1-5H3,(H,23,24)/t15-,16-,21+/m0/s1. The van der Waals surface area contributed by atoms with Gasteiger partial charge in [-0.05, 0) is 50.8 Å². The van der Waals surface area contributed by atoms with Crippen LogP contribution in [0.2, 0.25) is 5.02 Å². The van der Waals surface area contributed by atoms with Gasteiger partial charge in [-0.2, -0.15) is 0 Å². The van der Waals surface area contributed by atoms with E-state index in [-0.39, 0.29) is 23.8 Å². The van der Waals surface area contributed by atoms with E-state index in [1.54, 1.807) is 0 Å². The highest BCUT2D eigenvalue weighted by Crippen LogP contribution is 2.57. The van der Waals surface area contributed by atoms with Crippen molar-refractivity contribution in [2.75, 3.05) is 0 Å². The minimum atomic E-state index is -1.13. The second-order valence-corrected chi connectivity index (χ2v) is 9.07. The molecule has 1 amide bonds. The molecule has 1 saturated carbocycles. The Balaban J connectivity index is 1.81. The van der Waals surface area contributed by atoms with Gasteiger partial charge in [0, 0.05) is 22.4 Å². The molecule has 1 N–H and O–H groups in total. The van der Waals surface area contributed by atoms with Crippen molar-refractivity contribution in [1.82, 2.24) is 5.32 Å². The highest BCUT2D eigenvalue weighted by Gasteiger charge is 2.68. The number of nitrogens with one attached hydrogen (secondary N) is 1. The lowest BCUT2D eigenvalue weighted by Crippen LogP contribution is -2.60. The average Bonchev–Trinajstić information content (AvgIpc) is 2.70. The Morgan fingerprint density at radius 2 is 1.81 bits per heavy atom. The Bertz CT molecular complexity index is 725. The van der Waals surface area contributed by atoms with E-state index >= 15 is 0 Å². The molecular formula is C21H28ClNO3. The molecule has 3 rings (SSSR count). The molecule has 0 unspecified atom stereocenters. The van der Waals surface area contributed by atoms with E-state index < -0.39 is 16.4 Å². The predicted molar refractivity (Wildman–Crippen MR) is 102 cm³/mol. The Morgan fingerprint density at radius 1 is 1.19 bits per heavy atom. The number of halogens is 1. The lowest BCUT2D eigenvalue weighted by atomic mass is 9.60. The highest BCUT2D eigenvalue weighted by atomic mass is 35.5. The van der Waals surface area contributed by atoms with Gasteiger partial charge in [-0.3, -0.25) is 9.59 Å². The number of carbonyl (C=O) groups is 2. The molecule has 0 aromatic heterocycles. The second-order valence-electron chi connectivity index (χ2n) is 8.64. The van der Waals surface area contributed by atoms with Gasteiger partial charge in [0.25, 0.3) is 5.91 Å². The van der Waals surface area contributed by atoms with Gasteiger partial charge in [0.15, 0.2) is 5.60 Å². The monoisotopic (exact) mass is 377 g/mol. The van der Waals surface area contributed by atoms with Crippen LogP contribution in [-0.2, 0) is 14.3 Å². The summed E-state index contributed by atoms with van der Waals surface area (Å²) >= 11 is 5.98. The van der Waals surface area contributed by atoms with Gasteiger partial charge in [-0.25, -0.2) is 0 Å². The van der Waals surface area contributed by atoms with Crippen molar-refractivity contribution in [1.29, 1.82) is 0 Å². The fraction of sp³-hybridized carbons (Fsp3) is 0.619. The summed E-state index contributed by atoms with van der Waals surface area (Å²) in [6.07, 6.45) is 2.41. The van der Waals surface area contributed by atoms with Crippen LogP contribution >= 0.6 is 11.6 Å². The van der Waals surface area contributed by atoms with E-state index in [2.05, 4.69) is 5.32 Å². The zero-order valence-electron chi connectivity index (χ0n) is 16.2. The fourth-order valence-corrected chi connectivity index (χ4v) is 4.37. The highest BCUT2D eigenvalue weighted by molar-refractivity contribution is 6.30. The first kappa shape index (κ1) is 19.2. The van der Waals surface area contributed by atoms with Crippen molar-refractivity contribution in [3.8, 4) is 0 Å². The molecule has 0 spiro atoms. The first-order valence-electron chi connectivity index (χ1n) is 9.36. The molecule has 1 aromatic rings. The summed E-state index contributed by atoms with van der Waals surface area (Å²) in [7, 11) is 0. The lowest BCUT2D eigenvalue weighted by molar-refractivity contribution is -0.165. The SMILES string of the molecule is CC[C@]1(C(=O)N[C@H]2CC[C@H]2c2ccc(Cl)cc2)OC(=O)C(C)(C)C1(C)C. The second kappa shape index (κ2) is 6.26. The third-order valence-corrected chi connectivity index (χ3v) is 7.36. The summed E-state index contributed by atoms with van der Waals surface area (Å²) in [6.45, 7) is 9.55. The first-order chi connectivity index (χ1) is 12.1. The van der Waals surface area contributed by atoms with Gasteiger partial charge < -0.3 is 10.1 Å². The zero-order valence-corrected chi connectivity index (χ0v) is 16.9. The van der Waals surface area contributed by atoms with Gasteiger partial charge in [0.2, 0.25) is 0 Å². The van der Waals surface area contributed by atoms with Crippen LogP contribution in [0.4, 0.5) is 0 Å². The van der Waals surface area contributed by atoms with Crippen LogP contribution in [0.15, 0.2) is 24.3 Å². The molecule has 3 atom stereocenters. The molecule has 0 bridgehead atoms. The minimum Gasteiger partial charge on any atom is -0.448 e. The molecule has 142 valence electrons. The molecular weight excluding hydrogens is 350 g/mol. The van der Waals surface area contributed by atoms with Crippen LogP contribution in [0.25, 0.3) is 0 Å². The Labute approximate surface area is 160 Å². The van der Waals surface area contributed by atoms with E-state index in [1.807, 2.05) is 58.9 Å². The van der Waals surface area contributed by atoms with Crippen LogP contribution in [0.5, 0.6) is 0 Å². The van der Waals surface area contributed by atoms with Crippen LogP contribution in [-0.4, -0.2) is 23.5 Å². The Kier molecular flexibility index (Phi) is 4.63. The van der Waals surface area contributed by atoms with Gasteiger partial charge in [-0.15, -0.1) is 0 Å². The summed E-state index contributed by atoms with van der Waals surface area (Å²) < 4.78 is 5.75. The molecule has 5 heteroatoms. The maximum Gasteiger partial charge on any atom is 0.313 e. The van der Waals surface area contributed by atoms with E-state index in [9.17, 15) is 9.59 Å². The third kappa shape index (κ3) is 2.57. The van der Waals surface area contributed by atoms with Gasteiger partial charge in [-0.1, -0.05) is 44.5 Å². The molecule has 1 aliphatic heterocycles. The number of hydrogen-bond acceptors (Lipinski definition) is 3. The van der Waals surface area contributed by atoms with Crippen molar-refractivity contribution in [2.24, 2.45) is 10.8 Å². The summed E-state index contributed by atoms with van der Waals surface area (Å²) in [5, 5.41) is 3.89. The predicted octanol–water partition coefficient (Wildman–Crippen LogP) is 4.46. The Morgan fingerprint density at radius 3 is 2.23 bits per heavy atom. The Hall–Kier alpha value is -1.55. The van der Waals surface area contributed by atoms with Crippen LogP contribution in [0.3, 0.4) is 0 Å². The lowest BCUT2D eigenvalue weighted by Gasteiger charge is -2.44. The number of rotatable bonds is 4. The molecule has 4 nitrogen and oxygen atoms in total. The van der Waals surface area contributed by atoms with Crippen LogP contribution in [0, 0.1) is 10.8 Å². The summed E-state index contributed by atoms with van der Waals surface area (Å²) in [5.41, 5.74) is -1.27. The number of benzene rings is 1. The molecule has 2 fully saturated rings. The molecule has 26 heavy (non-hydrogen) atoms. The van der Waals surface area contributed by atoms with Gasteiger partial charge in [0.05, 0.1) is 5.41 Å². The average molecular weight is 378 g/mol. The van der Waals surface area contributed by atoms with E-state index in [4.69, 9.17) is 16.3 Å². The number of esters is 1. The van der Waals surface area contributed by atoms with Crippen molar-refractivity contribution in [2.45, 2.75) is 71.4 Å². The number of hydrogen-bond donors (Lipinski definition) is 1. The molecule has 1 heterocycles. The van der Waals surface area contributed by atoms with Crippen molar-refractivity contribution < 1.29 is 14.3 Å². The third-order valence-electron chi connectivity index (χ3n) is 7.10. The maximum atomic E-state index is 13.3. The number of ether oxygens (including phenoxy) is 1. The largest absolute Gasteiger partial charge is 0.448 e. The van der Waals surface area contributed by atoms with Crippen molar-refractivity contribution in [3.63, 3.8) is 0 Å². The molecule has 2 aliphatic rings. The van der Waals surface area contributed by atoms with Crippen LogP contribution < -0.4 is 5.32 Å². The fourth-order valence-electron chi connectivity index (χ4n) is 4.24. The molecule has 1 saturated heterocycles. The molecule has 1 aromatic carbocycles. The maximum absolute atomic E-state index is 13.3. The smallest absolute Gasteiger partial charge is 0.313 e. The van der Waals surface area contributed by atoms with Gasteiger partial charge in [0.1, 0.15) is 0 Å². The summed E-state index contributed by atoms with van der Waals surface area (Å²) in [4.78, 5) is 25.7. The zero-order chi connectivity index (χ0) is 19.3. The van der Waals surface area contributed by atoms with E-state index in [0.717, 1.165) is 12.8 Å². The number of carbonyl (C=O) groups excluding carboxylic acids is 2. The first-order valence-corrected chi connectivity index (χ1v) is 9.74. The topological polar surface area (TPSA) is 55.4 Å². The quantitative estimate of drug-likeness (QED) is 0.788. The van der Waals surface area contributed by atoms with Crippen molar-refractivity contribution in [3.05, 3.63) is 34.9 Å². The van der Waals surface area contributed by atoms with Crippen molar-refractivity contribution >= 4 is 23.5 Å². The minimum absolute atomic E-state index is 0.0605. The van der Waals surface area contributed by atoms with E-state index in [0.29, 0.717) is 11.4 Å². The van der Waals surface area contributed by atoms with Crippen LogP contribution in [0.1, 0.15) is 65.4 Å². The molecule has 0 radical (unpaired) electrons. The van der Waals surface area contributed by atoms with E-state index in [1.165, 1.54) is 5.56 Å².